The molecule has 2 rings (SSSR count). The SMILES string of the molecule is Cc1sc2cccnc2c1B(O)O. The van der Waals surface area contributed by atoms with Gasteiger partial charge in [-0.3, -0.25) is 4.98 Å². The summed E-state index contributed by atoms with van der Waals surface area (Å²) in [6, 6.07) is 3.76. The number of fused-ring (bicyclic) bond motifs is 1. The smallest absolute Gasteiger partial charge is 0.423 e. The van der Waals surface area contributed by atoms with Crippen LogP contribution in [0.1, 0.15) is 4.88 Å². The van der Waals surface area contributed by atoms with Crippen molar-refractivity contribution >= 4 is 34.1 Å². The lowest BCUT2D eigenvalue weighted by molar-refractivity contribution is 0.426. The van der Waals surface area contributed by atoms with E-state index >= 15 is 0 Å². The highest BCUT2D eigenvalue weighted by molar-refractivity contribution is 7.20. The van der Waals surface area contributed by atoms with Crippen molar-refractivity contribution in [2.24, 2.45) is 0 Å². The van der Waals surface area contributed by atoms with E-state index in [2.05, 4.69) is 4.98 Å². The van der Waals surface area contributed by atoms with Crippen LogP contribution in [0.2, 0.25) is 0 Å². The second kappa shape index (κ2) is 3.10. The molecule has 0 radical (unpaired) electrons. The summed E-state index contributed by atoms with van der Waals surface area (Å²) < 4.78 is 0.989. The Kier molecular flexibility index (Phi) is 2.07. The van der Waals surface area contributed by atoms with Gasteiger partial charge in [0, 0.05) is 16.5 Å². The normalized spacial score (nSPS) is 10.7. The number of nitrogens with zero attached hydrogens (tertiary/aromatic N) is 1. The molecule has 0 atom stereocenters. The van der Waals surface area contributed by atoms with Gasteiger partial charge in [-0.1, -0.05) is 0 Å². The van der Waals surface area contributed by atoms with Crippen LogP contribution in [0.3, 0.4) is 0 Å². The summed E-state index contributed by atoms with van der Waals surface area (Å²) >= 11 is 1.52. The second-order valence-electron chi connectivity index (χ2n) is 2.80. The zero-order chi connectivity index (χ0) is 9.42. The van der Waals surface area contributed by atoms with Gasteiger partial charge in [-0.2, -0.15) is 0 Å². The van der Waals surface area contributed by atoms with E-state index < -0.39 is 7.12 Å². The molecule has 0 saturated heterocycles. The van der Waals surface area contributed by atoms with Gasteiger partial charge >= 0.3 is 7.12 Å². The molecule has 0 fully saturated rings. The topological polar surface area (TPSA) is 53.4 Å². The van der Waals surface area contributed by atoms with Crippen LogP contribution in [-0.2, 0) is 0 Å². The van der Waals surface area contributed by atoms with Crippen LogP contribution in [0.5, 0.6) is 0 Å². The van der Waals surface area contributed by atoms with E-state index in [4.69, 9.17) is 10.0 Å². The van der Waals surface area contributed by atoms with Gasteiger partial charge in [-0.05, 0) is 19.1 Å². The van der Waals surface area contributed by atoms with Crippen LogP contribution in [0.15, 0.2) is 18.3 Å². The molecule has 2 heterocycles. The third kappa shape index (κ3) is 1.35. The van der Waals surface area contributed by atoms with Crippen LogP contribution in [0, 0.1) is 6.92 Å². The van der Waals surface area contributed by atoms with Gasteiger partial charge in [-0.25, -0.2) is 0 Å². The summed E-state index contributed by atoms with van der Waals surface area (Å²) in [6.07, 6.45) is 1.65. The molecule has 0 amide bonds. The van der Waals surface area contributed by atoms with E-state index in [1.54, 1.807) is 6.20 Å². The van der Waals surface area contributed by atoms with Gasteiger partial charge in [0.25, 0.3) is 0 Å². The average molecular weight is 193 g/mol. The third-order valence-electron chi connectivity index (χ3n) is 1.93. The molecule has 3 nitrogen and oxygen atoms in total. The van der Waals surface area contributed by atoms with E-state index in [9.17, 15) is 0 Å². The zero-order valence-electron chi connectivity index (χ0n) is 7.06. The molecule has 0 spiro atoms. The molecular formula is C8H8BNO2S. The van der Waals surface area contributed by atoms with Crippen LogP contribution < -0.4 is 5.46 Å². The molecule has 0 aliphatic heterocycles. The number of aryl methyl sites for hydroxylation is 1. The van der Waals surface area contributed by atoms with Crippen molar-refractivity contribution in [3.63, 3.8) is 0 Å². The average Bonchev–Trinajstić information content (AvgIpc) is 2.39. The van der Waals surface area contributed by atoms with Crippen molar-refractivity contribution in [2.45, 2.75) is 6.92 Å². The number of thiophene rings is 1. The van der Waals surface area contributed by atoms with Crippen molar-refractivity contribution in [3.05, 3.63) is 23.2 Å². The van der Waals surface area contributed by atoms with E-state index in [0.29, 0.717) is 11.0 Å². The Morgan fingerprint density at radius 1 is 1.46 bits per heavy atom. The first-order valence-electron chi connectivity index (χ1n) is 3.90. The maximum absolute atomic E-state index is 9.11. The Morgan fingerprint density at radius 2 is 2.23 bits per heavy atom. The fourth-order valence-corrected chi connectivity index (χ4v) is 2.41. The molecule has 0 aliphatic rings. The minimum Gasteiger partial charge on any atom is -0.423 e. The van der Waals surface area contributed by atoms with E-state index in [1.807, 2.05) is 19.1 Å². The lowest BCUT2D eigenvalue weighted by Gasteiger charge is -1.96. The molecule has 13 heavy (non-hydrogen) atoms. The minimum atomic E-state index is -1.43. The Hall–Kier alpha value is -0.905. The van der Waals surface area contributed by atoms with E-state index in [0.717, 1.165) is 9.58 Å². The molecule has 0 saturated carbocycles. The fraction of sp³-hybridized carbons (Fsp3) is 0.125. The summed E-state index contributed by atoms with van der Waals surface area (Å²) in [5, 5.41) is 18.2. The Balaban J connectivity index is 2.78. The van der Waals surface area contributed by atoms with Gasteiger partial charge in [0.1, 0.15) is 0 Å². The Morgan fingerprint density at radius 3 is 2.92 bits per heavy atom. The molecule has 0 unspecified atom stereocenters. The van der Waals surface area contributed by atoms with Crippen molar-refractivity contribution in [2.75, 3.05) is 0 Å². The largest absolute Gasteiger partial charge is 0.491 e. The fourth-order valence-electron chi connectivity index (χ4n) is 1.37. The van der Waals surface area contributed by atoms with Gasteiger partial charge < -0.3 is 10.0 Å². The number of rotatable bonds is 1. The van der Waals surface area contributed by atoms with Crippen LogP contribution >= 0.6 is 11.3 Å². The Bertz CT molecular complexity index is 441. The van der Waals surface area contributed by atoms with Crippen molar-refractivity contribution in [1.82, 2.24) is 4.98 Å². The number of hydrogen-bond donors (Lipinski definition) is 2. The molecule has 5 heteroatoms. The lowest BCUT2D eigenvalue weighted by Crippen LogP contribution is -2.31. The second-order valence-corrected chi connectivity index (χ2v) is 4.05. The Labute approximate surface area is 79.8 Å². The molecule has 66 valence electrons. The molecule has 0 aromatic carbocycles. The first kappa shape index (κ1) is 8.68. The highest BCUT2D eigenvalue weighted by atomic mass is 32.1. The maximum atomic E-state index is 9.11. The van der Waals surface area contributed by atoms with Gasteiger partial charge in [-0.15, -0.1) is 11.3 Å². The highest BCUT2D eigenvalue weighted by Crippen LogP contribution is 2.20. The van der Waals surface area contributed by atoms with Crippen molar-refractivity contribution in [1.29, 1.82) is 0 Å². The number of hydrogen-bond acceptors (Lipinski definition) is 4. The first-order chi connectivity index (χ1) is 6.20. The predicted octanol–water partition coefficient (Wildman–Crippen LogP) is 0.285. The summed E-state index contributed by atoms with van der Waals surface area (Å²) in [7, 11) is -1.43. The monoisotopic (exact) mass is 193 g/mol. The maximum Gasteiger partial charge on any atom is 0.491 e. The van der Waals surface area contributed by atoms with Crippen molar-refractivity contribution in [3.8, 4) is 0 Å². The van der Waals surface area contributed by atoms with Gasteiger partial charge in [0.05, 0.1) is 10.2 Å². The van der Waals surface area contributed by atoms with Crippen LogP contribution in [-0.4, -0.2) is 22.2 Å². The van der Waals surface area contributed by atoms with E-state index in [-0.39, 0.29) is 0 Å². The summed E-state index contributed by atoms with van der Waals surface area (Å²) in [5.74, 6) is 0. The molecule has 2 N–H and O–H groups in total. The summed E-state index contributed by atoms with van der Waals surface area (Å²) in [4.78, 5) is 5.02. The van der Waals surface area contributed by atoms with Crippen LogP contribution in [0.4, 0.5) is 0 Å². The molecule has 0 bridgehead atoms. The first-order valence-corrected chi connectivity index (χ1v) is 4.72. The minimum absolute atomic E-state index is 0.528. The lowest BCUT2D eigenvalue weighted by atomic mass is 9.80. The molecule has 2 aromatic heterocycles. The van der Waals surface area contributed by atoms with Gasteiger partial charge in [0.2, 0.25) is 0 Å². The number of aromatic nitrogens is 1. The van der Waals surface area contributed by atoms with Gasteiger partial charge in [0.15, 0.2) is 0 Å². The highest BCUT2D eigenvalue weighted by Gasteiger charge is 2.20. The quantitative estimate of drug-likeness (QED) is 0.639. The summed E-state index contributed by atoms with van der Waals surface area (Å²) in [6.45, 7) is 1.86. The van der Waals surface area contributed by atoms with Crippen LogP contribution in [0.25, 0.3) is 10.2 Å². The third-order valence-corrected chi connectivity index (χ3v) is 3.00. The molecular weight excluding hydrogens is 185 g/mol. The number of pyridine rings is 1. The van der Waals surface area contributed by atoms with Crippen molar-refractivity contribution < 1.29 is 10.0 Å². The summed E-state index contributed by atoms with van der Waals surface area (Å²) in [5.41, 5.74) is 1.22. The molecule has 2 aromatic rings. The predicted molar refractivity (Wildman–Crippen MR) is 54.2 cm³/mol. The zero-order valence-corrected chi connectivity index (χ0v) is 7.88. The molecule has 0 aliphatic carbocycles. The standard InChI is InChI=1S/C8H8BNO2S/c1-5-7(9(11)12)8-6(13-5)3-2-4-10-8/h2-4,11-12H,1H3. The van der Waals surface area contributed by atoms with E-state index in [1.165, 1.54) is 11.3 Å².